The SMILES string of the molecule is COc1cc2c(c(OC)c1OC)CN(C(=O)c1cc(Cl)ccc1F)C2=O. The molecule has 0 aromatic heterocycles. The summed E-state index contributed by atoms with van der Waals surface area (Å²) < 4.78 is 29.9. The van der Waals surface area contributed by atoms with Gasteiger partial charge >= 0.3 is 0 Å². The van der Waals surface area contributed by atoms with Gasteiger partial charge in [-0.2, -0.15) is 0 Å². The normalized spacial score (nSPS) is 12.8. The topological polar surface area (TPSA) is 65.1 Å². The molecule has 1 aliphatic heterocycles. The zero-order valence-corrected chi connectivity index (χ0v) is 15.0. The number of halogens is 2. The number of amides is 2. The smallest absolute Gasteiger partial charge is 0.264 e. The number of benzene rings is 2. The van der Waals surface area contributed by atoms with Crippen molar-refractivity contribution in [1.29, 1.82) is 0 Å². The molecule has 0 fully saturated rings. The molecule has 0 saturated heterocycles. The molecule has 8 heteroatoms. The Morgan fingerprint density at radius 2 is 1.81 bits per heavy atom. The zero-order valence-electron chi connectivity index (χ0n) is 14.3. The van der Waals surface area contributed by atoms with Crippen molar-refractivity contribution >= 4 is 23.4 Å². The lowest BCUT2D eigenvalue weighted by atomic mass is 10.1. The Morgan fingerprint density at radius 3 is 2.42 bits per heavy atom. The molecule has 6 nitrogen and oxygen atoms in total. The molecule has 1 heterocycles. The van der Waals surface area contributed by atoms with Gasteiger partial charge in [0.25, 0.3) is 11.8 Å². The Labute approximate surface area is 154 Å². The Balaban J connectivity index is 2.07. The molecule has 0 bridgehead atoms. The van der Waals surface area contributed by atoms with Crippen LogP contribution in [0.3, 0.4) is 0 Å². The highest BCUT2D eigenvalue weighted by molar-refractivity contribution is 6.31. The van der Waals surface area contributed by atoms with E-state index in [1.165, 1.54) is 39.5 Å². The van der Waals surface area contributed by atoms with Gasteiger partial charge in [0.1, 0.15) is 5.82 Å². The van der Waals surface area contributed by atoms with Crippen LogP contribution in [0.15, 0.2) is 24.3 Å². The minimum absolute atomic E-state index is 0.0809. The molecule has 0 aliphatic carbocycles. The highest BCUT2D eigenvalue weighted by atomic mass is 35.5. The summed E-state index contributed by atoms with van der Waals surface area (Å²) in [4.78, 5) is 26.4. The Morgan fingerprint density at radius 1 is 1.12 bits per heavy atom. The van der Waals surface area contributed by atoms with Crippen molar-refractivity contribution in [2.75, 3.05) is 21.3 Å². The van der Waals surface area contributed by atoms with E-state index in [9.17, 15) is 14.0 Å². The molecule has 0 spiro atoms. The minimum Gasteiger partial charge on any atom is -0.493 e. The van der Waals surface area contributed by atoms with Crippen molar-refractivity contribution in [2.45, 2.75) is 6.54 Å². The molecule has 0 N–H and O–H groups in total. The second-order valence-corrected chi connectivity index (χ2v) is 5.93. The van der Waals surface area contributed by atoms with Crippen LogP contribution in [0.5, 0.6) is 17.2 Å². The van der Waals surface area contributed by atoms with Crippen LogP contribution in [0.1, 0.15) is 26.3 Å². The van der Waals surface area contributed by atoms with Crippen LogP contribution in [-0.2, 0) is 6.54 Å². The van der Waals surface area contributed by atoms with Crippen molar-refractivity contribution in [3.05, 3.63) is 51.8 Å². The van der Waals surface area contributed by atoms with E-state index in [1.54, 1.807) is 0 Å². The van der Waals surface area contributed by atoms with Crippen LogP contribution in [-0.4, -0.2) is 38.0 Å². The lowest BCUT2D eigenvalue weighted by Gasteiger charge is -2.15. The van der Waals surface area contributed by atoms with Gasteiger partial charge in [-0.3, -0.25) is 14.5 Å². The third kappa shape index (κ3) is 2.74. The number of hydrogen-bond donors (Lipinski definition) is 0. The maximum absolute atomic E-state index is 14.0. The molecule has 0 saturated carbocycles. The van der Waals surface area contributed by atoms with Gasteiger partial charge in [0.15, 0.2) is 11.5 Å². The average molecular weight is 380 g/mol. The molecule has 136 valence electrons. The summed E-state index contributed by atoms with van der Waals surface area (Å²) in [6.45, 7) is -0.0809. The second kappa shape index (κ2) is 6.84. The van der Waals surface area contributed by atoms with Crippen LogP contribution < -0.4 is 14.2 Å². The first-order chi connectivity index (χ1) is 12.4. The van der Waals surface area contributed by atoms with Gasteiger partial charge in [-0.1, -0.05) is 11.6 Å². The number of nitrogens with zero attached hydrogens (tertiary/aromatic N) is 1. The number of methoxy groups -OCH3 is 3. The predicted molar refractivity (Wildman–Crippen MR) is 91.7 cm³/mol. The van der Waals surface area contributed by atoms with Crippen LogP contribution >= 0.6 is 11.6 Å². The summed E-state index contributed by atoms with van der Waals surface area (Å²) in [5, 5.41) is 0.194. The molecule has 3 rings (SSSR count). The van der Waals surface area contributed by atoms with Crippen molar-refractivity contribution in [1.82, 2.24) is 4.90 Å². The average Bonchev–Trinajstić information content (AvgIpc) is 2.97. The monoisotopic (exact) mass is 379 g/mol. The molecular formula is C18H15ClFNO5. The van der Waals surface area contributed by atoms with E-state index in [0.717, 1.165) is 11.0 Å². The standard InChI is InChI=1S/C18H15ClFNO5/c1-24-14-7-10-12(15(25-2)16(14)26-3)8-21(17(10)22)18(23)11-6-9(19)4-5-13(11)20/h4-7H,8H2,1-3H3. The highest BCUT2D eigenvalue weighted by Crippen LogP contribution is 2.45. The number of imide groups is 1. The summed E-state index contributed by atoms with van der Waals surface area (Å²) >= 11 is 5.84. The third-order valence-electron chi connectivity index (χ3n) is 4.13. The molecule has 2 aromatic carbocycles. The van der Waals surface area contributed by atoms with Crippen molar-refractivity contribution in [2.24, 2.45) is 0 Å². The van der Waals surface area contributed by atoms with Gasteiger partial charge < -0.3 is 14.2 Å². The van der Waals surface area contributed by atoms with Crippen molar-refractivity contribution < 1.29 is 28.2 Å². The number of hydrogen-bond acceptors (Lipinski definition) is 5. The first-order valence-corrected chi connectivity index (χ1v) is 7.93. The number of carbonyl (C=O) groups is 2. The van der Waals surface area contributed by atoms with Crippen LogP contribution in [0.25, 0.3) is 0 Å². The molecule has 26 heavy (non-hydrogen) atoms. The highest BCUT2D eigenvalue weighted by Gasteiger charge is 2.38. The fraction of sp³-hybridized carbons (Fsp3) is 0.222. The van der Waals surface area contributed by atoms with Gasteiger partial charge in [-0.25, -0.2) is 4.39 Å². The first-order valence-electron chi connectivity index (χ1n) is 7.56. The van der Waals surface area contributed by atoms with Crippen LogP contribution in [0.4, 0.5) is 4.39 Å². The summed E-state index contributed by atoms with van der Waals surface area (Å²) in [5.74, 6) is -1.23. The number of carbonyl (C=O) groups excluding carboxylic acids is 2. The zero-order chi connectivity index (χ0) is 19.0. The summed E-state index contributed by atoms with van der Waals surface area (Å²) in [6, 6.07) is 5.07. The molecule has 0 unspecified atom stereocenters. The number of rotatable bonds is 4. The molecule has 2 amide bonds. The molecule has 2 aromatic rings. The quantitative estimate of drug-likeness (QED) is 0.763. The van der Waals surface area contributed by atoms with Crippen molar-refractivity contribution in [3.8, 4) is 17.2 Å². The predicted octanol–water partition coefficient (Wildman–Crippen LogP) is 3.30. The van der Waals surface area contributed by atoms with Gasteiger partial charge in [-0.05, 0) is 24.3 Å². The van der Waals surface area contributed by atoms with Crippen molar-refractivity contribution in [3.63, 3.8) is 0 Å². The van der Waals surface area contributed by atoms with Gasteiger partial charge in [0.05, 0.1) is 39.0 Å². The van der Waals surface area contributed by atoms with E-state index >= 15 is 0 Å². The van der Waals surface area contributed by atoms with E-state index in [4.69, 9.17) is 25.8 Å². The van der Waals surface area contributed by atoms with Gasteiger partial charge in [0.2, 0.25) is 5.75 Å². The Kier molecular flexibility index (Phi) is 4.73. The Hall–Kier alpha value is -2.80. The fourth-order valence-electron chi connectivity index (χ4n) is 2.91. The summed E-state index contributed by atoms with van der Waals surface area (Å²) in [7, 11) is 4.28. The largest absolute Gasteiger partial charge is 0.493 e. The number of ether oxygens (including phenoxy) is 3. The van der Waals surface area contributed by atoms with E-state index in [1.807, 2.05) is 0 Å². The first kappa shape index (κ1) is 18.0. The van der Waals surface area contributed by atoms with E-state index in [-0.39, 0.29) is 28.4 Å². The van der Waals surface area contributed by atoms with Gasteiger partial charge in [-0.15, -0.1) is 0 Å². The van der Waals surface area contributed by atoms with Gasteiger partial charge in [0, 0.05) is 10.6 Å². The molecule has 1 aliphatic rings. The van der Waals surface area contributed by atoms with Crippen LogP contribution in [0.2, 0.25) is 5.02 Å². The molecule has 0 radical (unpaired) electrons. The van der Waals surface area contributed by atoms with E-state index < -0.39 is 17.6 Å². The summed E-state index contributed by atoms with van der Waals surface area (Å²) in [5.41, 5.74) is 0.415. The summed E-state index contributed by atoms with van der Waals surface area (Å²) in [6.07, 6.45) is 0. The molecule has 0 atom stereocenters. The van der Waals surface area contributed by atoms with E-state index in [0.29, 0.717) is 17.1 Å². The molecular weight excluding hydrogens is 365 g/mol. The lowest BCUT2D eigenvalue weighted by molar-refractivity contribution is 0.0628. The number of fused-ring (bicyclic) bond motifs is 1. The maximum atomic E-state index is 14.0. The lowest BCUT2D eigenvalue weighted by Crippen LogP contribution is -2.31. The van der Waals surface area contributed by atoms with Crippen LogP contribution in [0, 0.1) is 5.82 Å². The minimum atomic E-state index is -0.786. The maximum Gasteiger partial charge on any atom is 0.264 e. The Bertz CT molecular complexity index is 915. The van der Waals surface area contributed by atoms with E-state index in [2.05, 4.69) is 0 Å². The fourth-order valence-corrected chi connectivity index (χ4v) is 3.08. The third-order valence-corrected chi connectivity index (χ3v) is 4.36. The second-order valence-electron chi connectivity index (χ2n) is 5.49.